The largest absolute Gasteiger partial charge is 0.316 e. The number of nitrogens with one attached hydrogen (secondary N) is 1. The van der Waals surface area contributed by atoms with Crippen LogP contribution in [0, 0.1) is 5.92 Å². The van der Waals surface area contributed by atoms with E-state index >= 15 is 0 Å². The molecular weight excluding hydrogens is 220 g/mol. The summed E-state index contributed by atoms with van der Waals surface area (Å²) in [4.78, 5) is 2.73. The number of hydrogen-bond donors (Lipinski definition) is 1. The van der Waals surface area contributed by atoms with Crippen molar-refractivity contribution < 1.29 is 0 Å². The Hall–Kier alpha value is -0.860. The molecule has 2 atom stereocenters. The van der Waals surface area contributed by atoms with Gasteiger partial charge in [0.15, 0.2) is 0 Å². The highest BCUT2D eigenvalue weighted by Crippen LogP contribution is 2.25. The summed E-state index contributed by atoms with van der Waals surface area (Å²) < 4.78 is 0. The van der Waals surface area contributed by atoms with Gasteiger partial charge in [-0.2, -0.15) is 0 Å². The van der Waals surface area contributed by atoms with Crippen LogP contribution in [0.4, 0.5) is 0 Å². The fourth-order valence-electron chi connectivity index (χ4n) is 3.55. The Balaban J connectivity index is 1.78. The monoisotopic (exact) mass is 244 g/mol. The smallest absolute Gasteiger partial charge is 0.0239 e. The second kappa shape index (κ2) is 5.41. The summed E-state index contributed by atoms with van der Waals surface area (Å²) in [6.07, 6.45) is 3.88. The van der Waals surface area contributed by atoms with E-state index in [9.17, 15) is 0 Å². The maximum Gasteiger partial charge on any atom is 0.0239 e. The lowest BCUT2D eigenvalue weighted by atomic mass is 9.93. The van der Waals surface area contributed by atoms with Crippen LogP contribution in [-0.4, -0.2) is 30.6 Å². The Morgan fingerprint density at radius 2 is 2.06 bits per heavy atom. The third-order valence-electron chi connectivity index (χ3n) is 4.59. The van der Waals surface area contributed by atoms with Crippen molar-refractivity contribution in [3.8, 4) is 0 Å². The van der Waals surface area contributed by atoms with Gasteiger partial charge < -0.3 is 5.32 Å². The van der Waals surface area contributed by atoms with Crippen LogP contribution in [0.3, 0.4) is 0 Å². The number of rotatable bonds is 1. The van der Waals surface area contributed by atoms with Crippen molar-refractivity contribution >= 4 is 0 Å². The van der Waals surface area contributed by atoms with E-state index in [-0.39, 0.29) is 0 Å². The molecule has 3 rings (SSSR count). The summed E-state index contributed by atoms with van der Waals surface area (Å²) in [5.74, 6) is 0.781. The van der Waals surface area contributed by atoms with E-state index < -0.39 is 0 Å². The zero-order valence-corrected chi connectivity index (χ0v) is 11.4. The molecule has 0 saturated carbocycles. The standard InChI is InChI=1S/C16H24N2/c1-13-11-17-9-8-16(13)18-10-4-7-14-5-2-3-6-15(14)12-18/h2-3,5-6,13,16-17H,4,7-12H2,1H3. The van der Waals surface area contributed by atoms with Crippen LogP contribution in [-0.2, 0) is 13.0 Å². The molecule has 2 heterocycles. The molecular formula is C16H24N2. The summed E-state index contributed by atoms with van der Waals surface area (Å²) in [6, 6.07) is 9.78. The van der Waals surface area contributed by atoms with Gasteiger partial charge in [0.1, 0.15) is 0 Å². The lowest BCUT2D eigenvalue weighted by Crippen LogP contribution is -2.48. The minimum absolute atomic E-state index is 0.775. The normalized spacial score (nSPS) is 29.6. The van der Waals surface area contributed by atoms with E-state index in [1.54, 1.807) is 11.1 Å². The molecule has 2 aliphatic heterocycles. The predicted molar refractivity (Wildman–Crippen MR) is 75.6 cm³/mol. The second-order valence-electron chi connectivity index (χ2n) is 5.88. The number of fused-ring (bicyclic) bond motifs is 1. The highest BCUT2D eigenvalue weighted by Gasteiger charge is 2.28. The van der Waals surface area contributed by atoms with Crippen LogP contribution in [0.5, 0.6) is 0 Å². The number of nitrogens with zero attached hydrogens (tertiary/aromatic N) is 1. The molecule has 1 aromatic carbocycles. The van der Waals surface area contributed by atoms with E-state index in [0.29, 0.717) is 0 Å². The van der Waals surface area contributed by atoms with Crippen molar-refractivity contribution in [2.45, 2.75) is 38.8 Å². The molecule has 1 fully saturated rings. The van der Waals surface area contributed by atoms with E-state index in [2.05, 4.69) is 41.4 Å². The van der Waals surface area contributed by atoms with Crippen molar-refractivity contribution in [2.75, 3.05) is 19.6 Å². The molecule has 1 aromatic rings. The van der Waals surface area contributed by atoms with Gasteiger partial charge >= 0.3 is 0 Å². The van der Waals surface area contributed by atoms with Crippen molar-refractivity contribution in [2.24, 2.45) is 5.92 Å². The Bertz CT molecular complexity index is 402. The van der Waals surface area contributed by atoms with Gasteiger partial charge in [0, 0.05) is 12.6 Å². The number of piperidine rings is 1. The van der Waals surface area contributed by atoms with Crippen molar-refractivity contribution in [3.05, 3.63) is 35.4 Å². The van der Waals surface area contributed by atoms with Crippen LogP contribution in [0.15, 0.2) is 24.3 Å². The van der Waals surface area contributed by atoms with Gasteiger partial charge in [0.2, 0.25) is 0 Å². The first-order chi connectivity index (χ1) is 8.84. The summed E-state index contributed by atoms with van der Waals surface area (Å²) >= 11 is 0. The van der Waals surface area contributed by atoms with Gasteiger partial charge in [-0.05, 0) is 55.9 Å². The van der Waals surface area contributed by atoms with Crippen LogP contribution in [0.2, 0.25) is 0 Å². The van der Waals surface area contributed by atoms with E-state index in [1.165, 1.54) is 38.9 Å². The molecule has 18 heavy (non-hydrogen) atoms. The Morgan fingerprint density at radius 3 is 2.89 bits per heavy atom. The average Bonchev–Trinajstić information content (AvgIpc) is 2.61. The van der Waals surface area contributed by atoms with Gasteiger partial charge in [0.05, 0.1) is 0 Å². The average molecular weight is 244 g/mol. The van der Waals surface area contributed by atoms with Gasteiger partial charge in [-0.1, -0.05) is 31.2 Å². The van der Waals surface area contributed by atoms with Gasteiger partial charge in [0.25, 0.3) is 0 Å². The van der Waals surface area contributed by atoms with Crippen LogP contribution < -0.4 is 5.32 Å². The van der Waals surface area contributed by atoms with E-state index in [0.717, 1.165) is 18.5 Å². The lowest BCUT2D eigenvalue weighted by molar-refractivity contribution is 0.114. The molecule has 0 spiro atoms. The molecule has 0 bridgehead atoms. The van der Waals surface area contributed by atoms with Gasteiger partial charge in [-0.25, -0.2) is 0 Å². The quantitative estimate of drug-likeness (QED) is 0.816. The maximum atomic E-state index is 3.51. The summed E-state index contributed by atoms with van der Waals surface area (Å²) in [7, 11) is 0. The molecule has 0 aromatic heterocycles. The number of aryl methyl sites for hydroxylation is 1. The van der Waals surface area contributed by atoms with Crippen molar-refractivity contribution in [1.29, 1.82) is 0 Å². The Labute approximate surface area is 110 Å². The molecule has 0 aliphatic carbocycles. The summed E-state index contributed by atoms with van der Waals surface area (Å²) in [5, 5.41) is 3.51. The van der Waals surface area contributed by atoms with E-state index in [1.807, 2.05) is 0 Å². The van der Waals surface area contributed by atoms with Crippen molar-refractivity contribution in [1.82, 2.24) is 10.2 Å². The molecule has 98 valence electrons. The SMILES string of the molecule is CC1CNCCC1N1CCCc2ccccc2C1. The first kappa shape index (κ1) is 12.2. The lowest BCUT2D eigenvalue weighted by Gasteiger charge is -2.38. The fourth-order valence-corrected chi connectivity index (χ4v) is 3.55. The minimum atomic E-state index is 0.775. The summed E-state index contributed by atoms with van der Waals surface area (Å²) in [6.45, 7) is 7.19. The highest BCUT2D eigenvalue weighted by molar-refractivity contribution is 5.28. The zero-order chi connectivity index (χ0) is 12.4. The topological polar surface area (TPSA) is 15.3 Å². The van der Waals surface area contributed by atoms with Crippen LogP contribution >= 0.6 is 0 Å². The summed E-state index contributed by atoms with van der Waals surface area (Å²) in [5.41, 5.74) is 3.13. The molecule has 1 N–H and O–H groups in total. The van der Waals surface area contributed by atoms with E-state index in [4.69, 9.17) is 0 Å². The Morgan fingerprint density at radius 1 is 1.22 bits per heavy atom. The first-order valence-electron chi connectivity index (χ1n) is 7.36. The third kappa shape index (κ3) is 2.45. The first-order valence-corrected chi connectivity index (χ1v) is 7.36. The third-order valence-corrected chi connectivity index (χ3v) is 4.59. The second-order valence-corrected chi connectivity index (χ2v) is 5.88. The number of benzene rings is 1. The van der Waals surface area contributed by atoms with Gasteiger partial charge in [-0.15, -0.1) is 0 Å². The maximum absolute atomic E-state index is 3.51. The predicted octanol–water partition coefficient (Wildman–Crippen LogP) is 2.43. The highest BCUT2D eigenvalue weighted by atomic mass is 15.2. The molecule has 2 aliphatic rings. The molecule has 2 heteroatoms. The zero-order valence-electron chi connectivity index (χ0n) is 11.4. The van der Waals surface area contributed by atoms with Crippen molar-refractivity contribution in [3.63, 3.8) is 0 Å². The minimum Gasteiger partial charge on any atom is -0.316 e. The van der Waals surface area contributed by atoms with Crippen LogP contribution in [0.25, 0.3) is 0 Å². The van der Waals surface area contributed by atoms with Gasteiger partial charge in [-0.3, -0.25) is 4.90 Å². The Kier molecular flexibility index (Phi) is 3.67. The fraction of sp³-hybridized carbons (Fsp3) is 0.625. The van der Waals surface area contributed by atoms with Crippen LogP contribution in [0.1, 0.15) is 30.9 Å². The molecule has 0 radical (unpaired) electrons. The molecule has 1 saturated heterocycles. The molecule has 0 amide bonds. The number of hydrogen-bond acceptors (Lipinski definition) is 2. The molecule has 2 unspecified atom stereocenters. The molecule has 2 nitrogen and oxygen atoms in total.